The fourth-order valence-electron chi connectivity index (χ4n) is 1.91. The van der Waals surface area contributed by atoms with E-state index in [1.165, 1.54) is 0 Å². The molecule has 0 aliphatic carbocycles. The molecule has 0 bridgehead atoms. The van der Waals surface area contributed by atoms with Crippen molar-refractivity contribution in [3.63, 3.8) is 0 Å². The first-order valence-electron chi connectivity index (χ1n) is 6.04. The van der Waals surface area contributed by atoms with Crippen LogP contribution in [-0.2, 0) is 0 Å². The molecule has 1 aromatic heterocycles. The lowest BCUT2D eigenvalue weighted by molar-refractivity contribution is 0.0138. The van der Waals surface area contributed by atoms with Gasteiger partial charge >= 0.3 is 0 Å². The number of rotatable bonds is 5. The SMILES string of the molecule is CC(C)C(O)C(C)(C)CNC(=O)c1cc(Br)c[nH]1. The Bertz CT molecular complexity index is 413. The van der Waals surface area contributed by atoms with E-state index in [0.717, 1.165) is 4.47 Å². The molecule has 3 N–H and O–H groups in total. The Morgan fingerprint density at radius 3 is 2.61 bits per heavy atom. The fraction of sp³-hybridized carbons (Fsp3) is 0.615. The fourth-order valence-corrected chi connectivity index (χ4v) is 2.25. The standard InChI is InChI=1S/C13H21BrN2O2/c1-8(2)11(17)13(3,4)7-16-12(18)10-5-9(14)6-15-10/h5-6,8,11,15,17H,7H2,1-4H3,(H,16,18). The van der Waals surface area contributed by atoms with Crippen molar-refractivity contribution in [3.8, 4) is 0 Å². The molecule has 1 atom stereocenters. The lowest BCUT2D eigenvalue weighted by Crippen LogP contribution is -2.43. The highest BCUT2D eigenvalue weighted by Gasteiger charge is 2.30. The van der Waals surface area contributed by atoms with E-state index >= 15 is 0 Å². The van der Waals surface area contributed by atoms with Crippen molar-refractivity contribution in [2.24, 2.45) is 11.3 Å². The Morgan fingerprint density at radius 2 is 2.17 bits per heavy atom. The van der Waals surface area contributed by atoms with Crippen LogP contribution in [-0.4, -0.2) is 28.6 Å². The van der Waals surface area contributed by atoms with E-state index in [1.54, 1.807) is 12.3 Å². The zero-order valence-corrected chi connectivity index (χ0v) is 12.8. The van der Waals surface area contributed by atoms with Gasteiger partial charge in [0.1, 0.15) is 5.69 Å². The number of H-pyrrole nitrogens is 1. The van der Waals surface area contributed by atoms with Gasteiger partial charge in [0.25, 0.3) is 5.91 Å². The smallest absolute Gasteiger partial charge is 0.267 e. The third-order valence-corrected chi connectivity index (χ3v) is 3.49. The van der Waals surface area contributed by atoms with Gasteiger partial charge in [-0.3, -0.25) is 4.79 Å². The monoisotopic (exact) mass is 316 g/mol. The summed E-state index contributed by atoms with van der Waals surface area (Å²) >= 11 is 3.28. The summed E-state index contributed by atoms with van der Waals surface area (Å²) in [5.74, 6) is 0.00117. The number of aliphatic hydroxyl groups is 1. The molecule has 1 amide bonds. The van der Waals surface area contributed by atoms with Gasteiger partial charge < -0.3 is 15.4 Å². The number of aromatic nitrogens is 1. The lowest BCUT2D eigenvalue weighted by Gasteiger charge is -2.33. The predicted octanol–water partition coefficient (Wildman–Crippen LogP) is 2.55. The van der Waals surface area contributed by atoms with Crippen LogP contribution in [0.2, 0.25) is 0 Å². The maximum absolute atomic E-state index is 11.9. The maximum atomic E-state index is 11.9. The lowest BCUT2D eigenvalue weighted by atomic mass is 9.80. The summed E-state index contributed by atoms with van der Waals surface area (Å²) in [6.45, 7) is 8.26. The van der Waals surface area contributed by atoms with Crippen LogP contribution in [0.4, 0.5) is 0 Å². The second kappa shape index (κ2) is 5.89. The van der Waals surface area contributed by atoms with Crippen molar-refractivity contribution in [1.82, 2.24) is 10.3 Å². The average Bonchev–Trinajstić information content (AvgIpc) is 2.71. The Kier molecular flexibility index (Phi) is 4.99. The molecule has 1 heterocycles. The topological polar surface area (TPSA) is 65.1 Å². The van der Waals surface area contributed by atoms with Gasteiger partial charge in [-0.25, -0.2) is 0 Å². The predicted molar refractivity (Wildman–Crippen MR) is 75.5 cm³/mol. The van der Waals surface area contributed by atoms with E-state index in [2.05, 4.69) is 26.2 Å². The molecule has 0 fully saturated rings. The minimum absolute atomic E-state index is 0.162. The zero-order chi connectivity index (χ0) is 13.9. The van der Waals surface area contributed by atoms with Crippen LogP contribution in [0.3, 0.4) is 0 Å². The summed E-state index contributed by atoms with van der Waals surface area (Å²) in [6.07, 6.45) is 1.26. The van der Waals surface area contributed by atoms with Crippen molar-refractivity contribution in [2.45, 2.75) is 33.8 Å². The number of aliphatic hydroxyl groups excluding tert-OH is 1. The summed E-state index contributed by atoms with van der Waals surface area (Å²) in [5, 5.41) is 12.9. The third-order valence-electron chi connectivity index (χ3n) is 3.03. The second-order valence-electron chi connectivity index (χ2n) is 5.59. The largest absolute Gasteiger partial charge is 0.392 e. The van der Waals surface area contributed by atoms with Crippen molar-refractivity contribution in [1.29, 1.82) is 0 Å². The number of carbonyl (C=O) groups is 1. The molecule has 0 aliphatic rings. The van der Waals surface area contributed by atoms with Crippen LogP contribution in [0.1, 0.15) is 38.2 Å². The van der Waals surface area contributed by atoms with Crippen LogP contribution in [0.25, 0.3) is 0 Å². The van der Waals surface area contributed by atoms with E-state index in [4.69, 9.17) is 0 Å². The minimum atomic E-state index is -0.451. The molecule has 0 aromatic carbocycles. The summed E-state index contributed by atoms with van der Waals surface area (Å²) in [6, 6.07) is 1.72. The molecule has 18 heavy (non-hydrogen) atoms. The van der Waals surface area contributed by atoms with Crippen molar-refractivity contribution in [2.75, 3.05) is 6.54 Å². The first-order valence-corrected chi connectivity index (χ1v) is 6.83. The zero-order valence-electron chi connectivity index (χ0n) is 11.2. The van der Waals surface area contributed by atoms with Crippen LogP contribution < -0.4 is 5.32 Å². The number of carbonyl (C=O) groups excluding carboxylic acids is 1. The number of hydrogen-bond donors (Lipinski definition) is 3. The average molecular weight is 317 g/mol. The first-order chi connectivity index (χ1) is 8.24. The molecule has 1 aromatic rings. The Labute approximate surface area is 116 Å². The van der Waals surface area contributed by atoms with E-state index in [0.29, 0.717) is 12.2 Å². The molecule has 0 aliphatic heterocycles. The molecule has 4 nitrogen and oxygen atoms in total. The number of hydrogen-bond acceptors (Lipinski definition) is 2. The van der Waals surface area contributed by atoms with Gasteiger partial charge in [0.2, 0.25) is 0 Å². The molecule has 1 unspecified atom stereocenters. The molecular formula is C13H21BrN2O2. The van der Waals surface area contributed by atoms with Gasteiger partial charge in [0.15, 0.2) is 0 Å². The number of aromatic amines is 1. The molecule has 5 heteroatoms. The Balaban J connectivity index is 2.57. The van der Waals surface area contributed by atoms with Crippen LogP contribution in [0.15, 0.2) is 16.7 Å². The van der Waals surface area contributed by atoms with Gasteiger partial charge in [-0.1, -0.05) is 27.7 Å². The minimum Gasteiger partial charge on any atom is -0.392 e. The van der Waals surface area contributed by atoms with Crippen molar-refractivity contribution >= 4 is 21.8 Å². The highest BCUT2D eigenvalue weighted by Crippen LogP contribution is 2.25. The van der Waals surface area contributed by atoms with Gasteiger partial charge in [0, 0.05) is 22.6 Å². The molecule has 0 radical (unpaired) electrons. The van der Waals surface area contributed by atoms with Gasteiger partial charge in [-0.05, 0) is 27.9 Å². The Hall–Kier alpha value is -0.810. The van der Waals surface area contributed by atoms with Crippen LogP contribution >= 0.6 is 15.9 Å². The normalized spacial score (nSPS) is 13.7. The van der Waals surface area contributed by atoms with Crippen molar-refractivity contribution < 1.29 is 9.90 Å². The molecule has 1 rings (SSSR count). The van der Waals surface area contributed by atoms with E-state index in [-0.39, 0.29) is 17.2 Å². The molecule has 0 spiro atoms. The van der Waals surface area contributed by atoms with Gasteiger partial charge in [-0.2, -0.15) is 0 Å². The second-order valence-corrected chi connectivity index (χ2v) is 6.51. The van der Waals surface area contributed by atoms with Gasteiger partial charge in [0.05, 0.1) is 6.10 Å². The van der Waals surface area contributed by atoms with Crippen LogP contribution in [0, 0.1) is 11.3 Å². The van der Waals surface area contributed by atoms with E-state index in [1.807, 2.05) is 27.7 Å². The molecule has 0 saturated heterocycles. The quantitative estimate of drug-likeness (QED) is 0.781. The Morgan fingerprint density at radius 1 is 1.56 bits per heavy atom. The first kappa shape index (κ1) is 15.2. The van der Waals surface area contributed by atoms with Gasteiger partial charge in [-0.15, -0.1) is 0 Å². The maximum Gasteiger partial charge on any atom is 0.267 e. The van der Waals surface area contributed by atoms with Crippen LogP contribution in [0.5, 0.6) is 0 Å². The number of amides is 1. The molecule has 102 valence electrons. The third kappa shape index (κ3) is 3.85. The van der Waals surface area contributed by atoms with E-state index in [9.17, 15) is 9.90 Å². The highest BCUT2D eigenvalue weighted by atomic mass is 79.9. The summed E-state index contributed by atoms with van der Waals surface area (Å²) in [4.78, 5) is 14.7. The molecule has 0 saturated carbocycles. The highest BCUT2D eigenvalue weighted by molar-refractivity contribution is 9.10. The summed E-state index contributed by atoms with van der Waals surface area (Å²) in [5.41, 5.74) is 0.157. The van der Waals surface area contributed by atoms with E-state index < -0.39 is 6.10 Å². The summed E-state index contributed by atoms with van der Waals surface area (Å²) in [7, 11) is 0. The molecular weight excluding hydrogens is 296 g/mol. The summed E-state index contributed by atoms with van der Waals surface area (Å²) < 4.78 is 0.842. The van der Waals surface area contributed by atoms with Crippen molar-refractivity contribution in [3.05, 3.63) is 22.4 Å². The number of nitrogens with one attached hydrogen (secondary N) is 2. The number of halogens is 1.